The molecular formula is C55H81N3O11. The van der Waals surface area contributed by atoms with E-state index in [1.54, 1.807) is 19.9 Å². The number of cyclic esters (lactones) is 1. The summed E-state index contributed by atoms with van der Waals surface area (Å²) in [6.07, 6.45) is 8.45. The lowest BCUT2D eigenvalue weighted by molar-refractivity contribution is -0.302. The van der Waals surface area contributed by atoms with E-state index in [1.807, 2.05) is 40.0 Å². The van der Waals surface area contributed by atoms with Crippen LogP contribution >= 0.6 is 0 Å². The molecule has 1 aromatic carbocycles. The Morgan fingerprint density at radius 2 is 1.70 bits per heavy atom. The van der Waals surface area contributed by atoms with E-state index in [-0.39, 0.29) is 49.5 Å². The average Bonchev–Trinajstić information content (AvgIpc) is 3.73. The molecule has 0 radical (unpaired) electrons. The molecule has 2 aromatic rings. The molecule has 0 spiro atoms. The Hall–Kier alpha value is -4.18. The number of aromatic nitrogens is 1. The summed E-state index contributed by atoms with van der Waals surface area (Å²) in [7, 11) is 5.09. The van der Waals surface area contributed by atoms with Gasteiger partial charge in [0.05, 0.1) is 30.5 Å². The number of ketones is 2. The minimum absolute atomic E-state index is 0.000291. The summed E-state index contributed by atoms with van der Waals surface area (Å²) < 4.78 is 26.7. The maximum absolute atomic E-state index is 14.6. The fourth-order valence-corrected chi connectivity index (χ4v) is 11.7. The maximum Gasteiger partial charge on any atom is 0.329 e. The van der Waals surface area contributed by atoms with E-state index in [9.17, 15) is 34.5 Å². The zero-order valence-electron chi connectivity index (χ0n) is 42.7. The smallest absolute Gasteiger partial charge is 0.329 e. The summed E-state index contributed by atoms with van der Waals surface area (Å²) in [5, 5.41) is 36.9. The molecule has 1 aliphatic carbocycles. The second-order valence-electron chi connectivity index (χ2n) is 20.9. The molecule has 69 heavy (non-hydrogen) atoms. The Morgan fingerprint density at radius 3 is 2.38 bits per heavy atom. The van der Waals surface area contributed by atoms with Gasteiger partial charge < -0.3 is 48.6 Å². The minimum atomic E-state index is -2.52. The Bertz CT molecular complexity index is 2180. The number of esters is 1. The van der Waals surface area contributed by atoms with Crippen LogP contribution in [0, 0.1) is 29.6 Å². The van der Waals surface area contributed by atoms with Gasteiger partial charge in [0.2, 0.25) is 5.79 Å². The first-order valence-electron chi connectivity index (χ1n) is 25.5. The van der Waals surface area contributed by atoms with Crippen LogP contribution in [0.1, 0.15) is 119 Å². The number of ether oxygens (including phenoxy) is 4. The number of fused-ring (bicyclic) bond motifs is 4. The lowest BCUT2D eigenvalue weighted by atomic mass is 9.80. The fraction of sp³-hybridized carbons (Fsp3) is 0.673. The molecule has 1 aromatic heterocycles. The van der Waals surface area contributed by atoms with Crippen LogP contribution in [0.4, 0.5) is 5.69 Å². The van der Waals surface area contributed by atoms with E-state index in [4.69, 9.17) is 18.9 Å². The molecule has 3 aliphatic heterocycles. The van der Waals surface area contributed by atoms with Crippen molar-refractivity contribution in [1.29, 1.82) is 0 Å². The summed E-state index contributed by atoms with van der Waals surface area (Å²) >= 11 is 0. The lowest BCUT2D eigenvalue weighted by Crippen LogP contribution is -2.64. The molecule has 3 N–H and O–H groups in total. The molecule has 2 bridgehead atoms. The zero-order chi connectivity index (χ0) is 50.3. The van der Waals surface area contributed by atoms with Gasteiger partial charge in [-0.15, -0.1) is 6.58 Å². The predicted octanol–water partition coefficient (Wildman–Crippen LogP) is 7.49. The number of piperidine rings is 1. The molecule has 1 amide bonds. The first kappa shape index (κ1) is 54.2. The molecule has 4 aliphatic rings. The van der Waals surface area contributed by atoms with Crippen molar-refractivity contribution < 1.29 is 53.4 Å². The highest BCUT2D eigenvalue weighted by molar-refractivity contribution is 6.39. The second kappa shape index (κ2) is 23.8. The van der Waals surface area contributed by atoms with Crippen molar-refractivity contribution in [2.45, 2.75) is 180 Å². The first-order valence-corrected chi connectivity index (χ1v) is 25.5. The van der Waals surface area contributed by atoms with E-state index in [2.05, 4.69) is 53.4 Å². The normalized spacial score (nSPS) is 35.2. The predicted molar refractivity (Wildman–Crippen MR) is 266 cm³/mol. The monoisotopic (exact) mass is 960 g/mol. The maximum atomic E-state index is 14.6. The Labute approximate surface area is 410 Å². The van der Waals surface area contributed by atoms with Crippen LogP contribution in [0.25, 0.3) is 10.9 Å². The quantitative estimate of drug-likeness (QED) is 0.122. The van der Waals surface area contributed by atoms with Crippen molar-refractivity contribution in [3.8, 4) is 0 Å². The zero-order valence-corrected chi connectivity index (χ0v) is 42.7. The average molecular weight is 960 g/mol. The SMILES string of the molecule is C=CCC1C=C(C)CC(C)CC(OC)C2OC(O)(C(=O)C(=O)N3CCCCC3C(=O)OC(C(C)=CC3CCC(N(C)c4ccc5c(ccn5CCC)c4)C(O)C3)C(C)C(O)CC1=O)C(C)CC2OC. The van der Waals surface area contributed by atoms with Crippen LogP contribution in [0.3, 0.4) is 0 Å². The number of anilines is 1. The van der Waals surface area contributed by atoms with Gasteiger partial charge in [-0.05, 0) is 126 Å². The van der Waals surface area contributed by atoms with Crippen molar-refractivity contribution in [2.24, 2.45) is 29.6 Å². The molecule has 6 rings (SSSR count). The molecular weight excluding hydrogens is 879 g/mol. The van der Waals surface area contributed by atoms with E-state index in [0.717, 1.165) is 36.0 Å². The molecule has 2 saturated heterocycles. The van der Waals surface area contributed by atoms with Crippen molar-refractivity contribution in [1.82, 2.24) is 9.47 Å². The largest absolute Gasteiger partial charge is 0.456 e. The lowest BCUT2D eigenvalue weighted by Gasteiger charge is -2.47. The summed E-state index contributed by atoms with van der Waals surface area (Å²) in [5.41, 5.74) is 3.81. The third-order valence-electron chi connectivity index (χ3n) is 15.7. The second-order valence-corrected chi connectivity index (χ2v) is 20.9. The molecule has 3 fully saturated rings. The summed E-state index contributed by atoms with van der Waals surface area (Å²) in [6.45, 7) is 16.3. The van der Waals surface area contributed by atoms with Gasteiger partial charge in [0.1, 0.15) is 24.0 Å². The number of carbonyl (C=O) groups is 4. The number of aliphatic hydroxyl groups is 3. The standard InChI is InChI=1S/C55H81N3O11/c1-11-15-40-26-33(3)25-34(4)27-48(66-9)51-49(67-10)29-36(6)55(65,69-51)52(62)53(63)58-23-14-13-16-44(58)54(64)68-50(37(7)45(59)32-46(40)60)35(5)28-38-17-19-43(47(61)30-38)56(8)41-18-20-42-39(31-41)21-24-57(42)22-12-2/h11,18,20-21,24,26,28,31,34,36-38,40,43-45,47-51,59,61,65H,1,12-17,19,22-23,25,27,29-30,32H2,2-10H3. The third-order valence-corrected chi connectivity index (χ3v) is 15.7. The van der Waals surface area contributed by atoms with Crippen molar-refractivity contribution in [3.05, 3.63) is 66.4 Å². The van der Waals surface area contributed by atoms with Crippen molar-refractivity contribution in [3.63, 3.8) is 0 Å². The number of rotatable bonds is 10. The van der Waals surface area contributed by atoms with E-state index in [0.29, 0.717) is 50.5 Å². The van der Waals surface area contributed by atoms with Crippen molar-refractivity contribution >= 4 is 40.0 Å². The van der Waals surface area contributed by atoms with Gasteiger partial charge in [-0.1, -0.05) is 51.5 Å². The van der Waals surface area contributed by atoms with Gasteiger partial charge in [0, 0.05) is 81.3 Å². The highest BCUT2D eigenvalue weighted by Crippen LogP contribution is 2.40. The number of amides is 1. The topological polar surface area (TPSA) is 177 Å². The summed E-state index contributed by atoms with van der Waals surface area (Å²) in [6, 6.07) is 7.26. The van der Waals surface area contributed by atoms with E-state index < -0.39 is 83.9 Å². The number of aliphatic hydroxyl groups excluding tert-OH is 2. The molecule has 382 valence electrons. The Kier molecular flexibility index (Phi) is 18.7. The van der Waals surface area contributed by atoms with Crippen LogP contribution < -0.4 is 4.90 Å². The molecule has 14 nitrogen and oxygen atoms in total. The van der Waals surface area contributed by atoms with Gasteiger partial charge >= 0.3 is 5.97 Å². The first-order chi connectivity index (χ1) is 32.8. The number of methoxy groups -OCH3 is 2. The number of nitrogens with zero attached hydrogens (tertiary/aromatic N) is 3. The third kappa shape index (κ3) is 12.3. The Morgan fingerprint density at radius 1 is 0.971 bits per heavy atom. The van der Waals surface area contributed by atoms with Gasteiger partial charge in [-0.2, -0.15) is 0 Å². The molecule has 14 unspecified atom stereocenters. The summed E-state index contributed by atoms with van der Waals surface area (Å²) in [4.78, 5) is 60.9. The number of benzene rings is 1. The van der Waals surface area contributed by atoms with E-state index >= 15 is 0 Å². The van der Waals surface area contributed by atoms with Crippen molar-refractivity contribution in [2.75, 3.05) is 32.7 Å². The number of likely N-dealkylation sites (N-methyl/N-ethyl adjacent to an activating group) is 1. The van der Waals surface area contributed by atoms with Gasteiger partial charge in [0.25, 0.3) is 11.7 Å². The number of Topliss-reactive ketones (excluding diaryl/α,β-unsaturated/α-hetero) is 2. The molecule has 4 heterocycles. The van der Waals surface area contributed by atoms with E-state index in [1.165, 1.54) is 24.6 Å². The van der Waals surface area contributed by atoms with Crippen LogP contribution in [-0.4, -0.2) is 131 Å². The van der Waals surface area contributed by atoms with Gasteiger partial charge in [-0.25, -0.2) is 4.79 Å². The number of allylic oxidation sites excluding steroid dienone is 4. The minimum Gasteiger partial charge on any atom is -0.456 e. The Balaban J connectivity index is 1.30. The number of aryl methyl sites for hydroxylation is 1. The molecule has 1 saturated carbocycles. The number of hydrogen-bond acceptors (Lipinski definition) is 12. The van der Waals surface area contributed by atoms with Crippen LogP contribution in [0.2, 0.25) is 0 Å². The highest BCUT2D eigenvalue weighted by Gasteiger charge is 2.56. The number of hydrogen-bond donors (Lipinski definition) is 3. The molecule has 14 atom stereocenters. The van der Waals surface area contributed by atoms with Crippen LogP contribution in [0.5, 0.6) is 0 Å². The number of carbonyl (C=O) groups excluding carboxylic acids is 4. The molecule has 14 heteroatoms. The van der Waals surface area contributed by atoms with Crippen LogP contribution in [-0.2, 0) is 44.7 Å². The van der Waals surface area contributed by atoms with Gasteiger partial charge in [-0.3, -0.25) is 14.4 Å². The summed E-state index contributed by atoms with van der Waals surface area (Å²) in [5.74, 6) is -7.91. The fourth-order valence-electron chi connectivity index (χ4n) is 11.7. The van der Waals surface area contributed by atoms with Crippen LogP contribution in [0.15, 0.2) is 66.4 Å². The highest BCUT2D eigenvalue weighted by atomic mass is 16.7. The van der Waals surface area contributed by atoms with Gasteiger partial charge in [0.15, 0.2) is 0 Å².